The van der Waals surface area contributed by atoms with E-state index in [9.17, 15) is 4.39 Å². The zero-order valence-corrected chi connectivity index (χ0v) is 18.8. The Morgan fingerprint density at radius 1 is 1.08 bits per heavy atom. The van der Waals surface area contributed by atoms with Gasteiger partial charge in [-0.25, -0.2) is 0 Å². The summed E-state index contributed by atoms with van der Waals surface area (Å²) >= 11 is -0.793. The summed E-state index contributed by atoms with van der Waals surface area (Å²) in [5.41, 5.74) is 2.02. The van der Waals surface area contributed by atoms with Gasteiger partial charge in [0.25, 0.3) is 0 Å². The number of benzene rings is 1. The second-order valence-corrected chi connectivity index (χ2v) is 22.7. The molecule has 1 saturated heterocycles. The van der Waals surface area contributed by atoms with Crippen LogP contribution in [-0.2, 0) is 9.47 Å². The van der Waals surface area contributed by atoms with Gasteiger partial charge in [-0.15, -0.1) is 0 Å². The van der Waals surface area contributed by atoms with Crippen molar-refractivity contribution in [2.24, 2.45) is 0 Å². The summed E-state index contributed by atoms with van der Waals surface area (Å²) in [5.74, 6) is -0.311. The van der Waals surface area contributed by atoms with E-state index < -0.39 is 24.7 Å². The third kappa shape index (κ3) is 3.65. The van der Waals surface area contributed by atoms with E-state index in [-0.39, 0.29) is 5.82 Å². The van der Waals surface area contributed by atoms with Crippen molar-refractivity contribution >= 4 is 43.8 Å². The molecule has 0 atom stereocenters. The van der Waals surface area contributed by atoms with Crippen molar-refractivity contribution < 1.29 is 13.9 Å². The molecule has 0 N–H and O–H groups in total. The van der Waals surface area contributed by atoms with Crippen molar-refractivity contribution in [1.29, 1.82) is 0 Å². The standard InChI is InChI=1S/C16H12FN2O2S.3CH3.Sn/c17-12-9-10(16-20-7-2-8-21-16)4-5-11(12)14-19-13-3-1-6-18-15(13)22-14;;;;/h1,3-5,9,16H,2,7-8H2;3*1H3;. The summed E-state index contributed by atoms with van der Waals surface area (Å²) in [4.78, 5) is 17.3. The maximum absolute atomic E-state index is 14.7. The molecule has 7 heteroatoms. The summed E-state index contributed by atoms with van der Waals surface area (Å²) < 4.78 is 27.0. The van der Waals surface area contributed by atoms with Crippen LogP contribution in [0.5, 0.6) is 0 Å². The van der Waals surface area contributed by atoms with E-state index in [1.54, 1.807) is 6.07 Å². The van der Waals surface area contributed by atoms with E-state index >= 15 is 0 Å². The molecule has 0 bridgehead atoms. The molecule has 1 aliphatic heterocycles. The molecule has 1 aromatic carbocycles. The molecular formula is C19H21FN2O2SSn. The number of fused-ring (bicyclic) bond motifs is 1. The third-order valence-corrected chi connectivity index (χ3v) is 10.5. The first kappa shape index (κ1) is 18.3. The van der Waals surface area contributed by atoms with E-state index in [1.807, 2.05) is 12.1 Å². The molecule has 1 fully saturated rings. The molecular weight excluding hydrogens is 458 g/mol. The van der Waals surface area contributed by atoms with Gasteiger partial charge in [0.2, 0.25) is 0 Å². The second kappa shape index (κ2) is 7.14. The predicted molar refractivity (Wildman–Crippen MR) is 105 cm³/mol. The quantitative estimate of drug-likeness (QED) is 0.520. The van der Waals surface area contributed by atoms with Crippen LogP contribution in [0.1, 0.15) is 18.3 Å². The monoisotopic (exact) mass is 480 g/mol. The van der Waals surface area contributed by atoms with Gasteiger partial charge in [-0.3, -0.25) is 0 Å². The minimum atomic E-state index is -2.24. The normalized spacial score (nSPS) is 16.3. The molecule has 3 aromatic rings. The second-order valence-electron chi connectivity index (χ2n) is 7.46. The van der Waals surface area contributed by atoms with Crippen molar-refractivity contribution in [3.63, 3.8) is 0 Å². The predicted octanol–water partition coefficient (Wildman–Crippen LogP) is 4.48. The molecule has 0 radical (unpaired) electrons. The van der Waals surface area contributed by atoms with Gasteiger partial charge in [-0.05, 0) is 6.42 Å². The van der Waals surface area contributed by atoms with Gasteiger partial charge in [-0.1, -0.05) is 0 Å². The molecule has 4 rings (SSSR count). The Hall–Kier alpha value is -1.09. The summed E-state index contributed by atoms with van der Waals surface area (Å²) in [5, 5.41) is 0.656. The van der Waals surface area contributed by atoms with Crippen LogP contribution in [0.3, 0.4) is 0 Å². The number of aromatic nitrogens is 2. The van der Waals surface area contributed by atoms with Gasteiger partial charge in [0, 0.05) is 0 Å². The molecule has 0 aliphatic carbocycles. The summed E-state index contributed by atoms with van der Waals surface area (Å²) in [6.07, 6.45) is 0.391. The number of rotatable bonds is 3. The number of thiazole rings is 1. The van der Waals surface area contributed by atoms with Crippen LogP contribution in [0.4, 0.5) is 4.39 Å². The van der Waals surface area contributed by atoms with Gasteiger partial charge in [0.1, 0.15) is 0 Å². The van der Waals surface area contributed by atoms with Crippen LogP contribution in [0, 0.1) is 5.82 Å². The molecule has 0 unspecified atom stereocenters. The Bertz CT molecular complexity index is 948. The topological polar surface area (TPSA) is 44.2 Å². The number of hydrogen-bond donors (Lipinski definition) is 0. The van der Waals surface area contributed by atoms with E-state index in [0.717, 1.165) is 16.8 Å². The minimum absolute atomic E-state index is 0.311. The molecule has 4 nitrogen and oxygen atoms in total. The Morgan fingerprint density at radius 2 is 1.85 bits per heavy atom. The first-order valence-corrected chi connectivity index (χ1v) is 19.5. The Kier molecular flexibility index (Phi) is 5.02. The maximum atomic E-state index is 14.7. The van der Waals surface area contributed by atoms with Crippen LogP contribution < -0.4 is 3.71 Å². The van der Waals surface area contributed by atoms with Crippen LogP contribution in [0.15, 0.2) is 30.3 Å². The number of pyridine rings is 1. The SMILES string of the molecule is [CH3][Sn]([CH3])([CH3])[c]1ccc2nc(-c3ccc(C4OCCCO4)cc3F)sc2n1. The van der Waals surface area contributed by atoms with Crippen molar-refractivity contribution in [1.82, 2.24) is 9.97 Å². The average Bonchev–Trinajstić information content (AvgIpc) is 3.04. The van der Waals surface area contributed by atoms with Gasteiger partial charge >= 0.3 is 154 Å². The van der Waals surface area contributed by atoms with Crippen LogP contribution in [-0.4, -0.2) is 41.6 Å². The number of halogens is 1. The molecule has 0 spiro atoms. The van der Waals surface area contributed by atoms with Gasteiger partial charge in [0.15, 0.2) is 0 Å². The van der Waals surface area contributed by atoms with Crippen molar-refractivity contribution in [2.75, 3.05) is 13.2 Å². The number of hydrogen-bond acceptors (Lipinski definition) is 5. The van der Waals surface area contributed by atoms with Gasteiger partial charge < -0.3 is 0 Å². The van der Waals surface area contributed by atoms with Gasteiger partial charge in [-0.2, -0.15) is 0 Å². The Balaban J connectivity index is 1.68. The zero-order valence-electron chi connectivity index (χ0n) is 15.1. The zero-order chi connectivity index (χ0) is 18.3. The first-order chi connectivity index (χ1) is 12.4. The first-order valence-electron chi connectivity index (χ1n) is 8.73. The molecule has 136 valence electrons. The van der Waals surface area contributed by atoms with Gasteiger partial charge in [0.05, 0.1) is 0 Å². The number of nitrogens with zero attached hydrogens (tertiary/aromatic N) is 2. The summed E-state index contributed by atoms with van der Waals surface area (Å²) in [7, 11) is 0. The van der Waals surface area contributed by atoms with Crippen LogP contribution >= 0.6 is 11.3 Å². The summed E-state index contributed by atoms with van der Waals surface area (Å²) in [6, 6.07) is 9.19. The Labute approximate surface area is 160 Å². The fourth-order valence-corrected chi connectivity index (χ4v) is 7.02. The molecule has 26 heavy (non-hydrogen) atoms. The molecule has 0 amide bonds. The fourth-order valence-electron chi connectivity index (χ4n) is 2.88. The Morgan fingerprint density at radius 3 is 2.54 bits per heavy atom. The van der Waals surface area contributed by atoms with E-state index in [4.69, 9.17) is 14.5 Å². The third-order valence-electron chi connectivity index (χ3n) is 4.35. The van der Waals surface area contributed by atoms with E-state index in [2.05, 4.69) is 25.9 Å². The molecule has 3 heterocycles. The molecule has 2 aromatic heterocycles. The van der Waals surface area contributed by atoms with Crippen LogP contribution in [0.2, 0.25) is 14.8 Å². The van der Waals surface area contributed by atoms with E-state index in [1.165, 1.54) is 21.1 Å². The summed E-state index contributed by atoms with van der Waals surface area (Å²) in [6.45, 7) is 1.28. The van der Waals surface area contributed by atoms with Crippen molar-refractivity contribution in [2.45, 2.75) is 27.5 Å². The van der Waals surface area contributed by atoms with E-state index in [0.29, 0.717) is 29.3 Å². The van der Waals surface area contributed by atoms with Crippen LogP contribution in [0.25, 0.3) is 20.9 Å². The average molecular weight is 479 g/mol. The molecule has 0 saturated carbocycles. The fraction of sp³-hybridized carbons (Fsp3) is 0.368. The number of ether oxygens (including phenoxy) is 2. The molecule has 1 aliphatic rings. The van der Waals surface area contributed by atoms with Crippen molar-refractivity contribution in [3.05, 3.63) is 41.7 Å². The van der Waals surface area contributed by atoms with Crippen molar-refractivity contribution in [3.8, 4) is 10.6 Å².